The van der Waals surface area contributed by atoms with Crippen LogP contribution in [0.15, 0.2) is 6.20 Å². The summed E-state index contributed by atoms with van der Waals surface area (Å²) in [6, 6.07) is 1.07. The number of rotatable bonds is 5. The maximum Gasteiger partial charge on any atom is 0.261 e. The highest BCUT2D eigenvalue weighted by molar-refractivity contribution is 6.76. The Morgan fingerprint density at radius 3 is 2.62 bits per heavy atom. The van der Waals surface area contributed by atoms with Crippen molar-refractivity contribution in [1.82, 2.24) is 9.97 Å². The molecule has 4 nitrogen and oxygen atoms in total. The summed E-state index contributed by atoms with van der Waals surface area (Å²) in [4.78, 5) is 7.81. The van der Waals surface area contributed by atoms with Crippen molar-refractivity contribution < 1.29 is 9.47 Å². The molecule has 90 valence electrons. The van der Waals surface area contributed by atoms with Crippen LogP contribution in [-0.2, 0) is 0 Å². The molecule has 0 saturated carbocycles. The molecule has 1 heterocycles. The lowest BCUT2D eigenvalue weighted by Crippen LogP contribution is -2.22. The SMILES string of the molecule is COc1cnc(Cl)nc1OCC[Si](C)(C)C. The van der Waals surface area contributed by atoms with Crippen molar-refractivity contribution in [2.24, 2.45) is 0 Å². The second kappa shape index (κ2) is 5.50. The fourth-order valence-electron chi connectivity index (χ4n) is 1.03. The van der Waals surface area contributed by atoms with E-state index in [2.05, 4.69) is 29.6 Å². The molecule has 1 aromatic rings. The van der Waals surface area contributed by atoms with E-state index in [1.807, 2.05) is 0 Å². The highest BCUT2D eigenvalue weighted by Gasteiger charge is 2.14. The third-order valence-corrected chi connectivity index (χ3v) is 3.89. The zero-order chi connectivity index (χ0) is 12.2. The first kappa shape index (κ1) is 13.3. The molecule has 0 bridgehead atoms. The lowest BCUT2D eigenvalue weighted by atomic mass is 10.5. The molecule has 0 N–H and O–H groups in total. The molecule has 0 fully saturated rings. The summed E-state index contributed by atoms with van der Waals surface area (Å²) in [5, 5.41) is 0.170. The molecular weight excluding hydrogens is 244 g/mol. The molecule has 0 aliphatic carbocycles. The minimum Gasteiger partial charge on any atom is -0.490 e. The number of hydrogen-bond donors (Lipinski definition) is 0. The van der Waals surface area contributed by atoms with Crippen LogP contribution in [0.1, 0.15) is 0 Å². The lowest BCUT2D eigenvalue weighted by molar-refractivity contribution is 0.296. The van der Waals surface area contributed by atoms with Crippen LogP contribution in [-0.4, -0.2) is 31.8 Å². The van der Waals surface area contributed by atoms with Crippen molar-refractivity contribution in [2.75, 3.05) is 13.7 Å². The monoisotopic (exact) mass is 260 g/mol. The van der Waals surface area contributed by atoms with E-state index >= 15 is 0 Å². The Balaban J connectivity index is 2.62. The minimum absolute atomic E-state index is 0.170. The van der Waals surface area contributed by atoms with Gasteiger partial charge in [0.05, 0.1) is 19.9 Å². The van der Waals surface area contributed by atoms with Crippen molar-refractivity contribution in [3.63, 3.8) is 0 Å². The third-order valence-electron chi connectivity index (χ3n) is 2.00. The van der Waals surface area contributed by atoms with E-state index < -0.39 is 8.07 Å². The predicted molar refractivity (Wildman–Crippen MR) is 67.2 cm³/mol. The Morgan fingerprint density at radius 2 is 2.06 bits per heavy atom. The summed E-state index contributed by atoms with van der Waals surface area (Å²) in [5.41, 5.74) is 0. The van der Waals surface area contributed by atoms with Crippen molar-refractivity contribution in [3.8, 4) is 11.6 Å². The van der Waals surface area contributed by atoms with Crippen LogP contribution in [0.4, 0.5) is 0 Å². The Kier molecular flexibility index (Phi) is 4.55. The molecule has 0 aliphatic heterocycles. The van der Waals surface area contributed by atoms with Gasteiger partial charge in [-0.3, -0.25) is 0 Å². The molecule has 0 unspecified atom stereocenters. The largest absolute Gasteiger partial charge is 0.490 e. The van der Waals surface area contributed by atoms with Gasteiger partial charge in [-0.25, -0.2) is 4.98 Å². The van der Waals surface area contributed by atoms with E-state index in [0.717, 1.165) is 6.04 Å². The highest BCUT2D eigenvalue weighted by Crippen LogP contribution is 2.24. The van der Waals surface area contributed by atoms with Crippen LogP contribution >= 0.6 is 11.6 Å². The zero-order valence-corrected chi connectivity index (χ0v) is 11.8. The molecule has 16 heavy (non-hydrogen) atoms. The Morgan fingerprint density at radius 1 is 1.38 bits per heavy atom. The fourth-order valence-corrected chi connectivity index (χ4v) is 1.87. The molecule has 1 rings (SSSR count). The topological polar surface area (TPSA) is 44.2 Å². The van der Waals surface area contributed by atoms with Gasteiger partial charge in [-0.1, -0.05) is 19.6 Å². The first-order valence-corrected chi connectivity index (χ1v) is 9.20. The summed E-state index contributed by atoms with van der Waals surface area (Å²) in [5.74, 6) is 0.931. The maximum atomic E-state index is 5.69. The molecule has 1 aromatic heterocycles. The minimum atomic E-state index is -1.09. The van der Waals surface area contributed by atoms with E-state index in [9.17, 15) is 0 Å². The van der Waals surface area contributed by atoms with Gasteiger partial charge in [0.1, 0.15) is 0 Å². The smallest absolute Gasteiger partial charge is 0.261 e. The number of hydrogen-bond acceptors (Lipinski definition) is 4. The van der Waals surface area contributed by atoms with Gasteiger partial charge in [0.25, 0.3) is 5.88 Å². The average Bonchev–Trinajstić information content (AvgIpc) is 2.16. The third kappa shape index (κ3) is 4.36. The quantitative estimate of drug-likeness (QED) is 0.603. The summed E-state index contributed by atoms with van der Waals surface area (Å²) >= 11 is 5.69. The van der Waals surface area contributed by atoms with Crippen LogP contribution in [0, 0.1) is 0 Å². The second-order valence-corrected chi connectivity index (χ2v) is 10.6. The van der Waals surface area contributed by atoms with Crippen LogP contribution in [0.25, 0.3) is 0 Å². The molecule has 0 saturated heterocycles. The van der Waals surface area contributed by atoms with E-state index in [1.54, 1.807) is 7.11 Å². The molecule has 0 aliphatic rings. The number of ether oxygens (including phenoxy) is 2. The summed E-state index contributed by atoms with van der Waals surface area (Å²) in [7, 11) is 0.459. The first-order valence-electron chi connectivity index (χ1n) is 5.12. The highest BCUT2D eigenvalue weighted by atomic mass is 35.5. The van der Waals surface area contributed by atoms with E-state index in [-0.39, 0.29) is 5.28 Å². The van der Waals surface area contributed by atoms with Crippen molar-refractivity contribution >= 4 is 19.7 Å². The fraction of sp³-hybridized carbons (Fsp3) is 0.600. The molecule has 0 atom stereocenters. The average molecular weight is 261 g/mol. The summed E-state index contributed by atoms with van der Waals surface area (Å²) < 4.78 is 10.6. The van der Waals surface area contributed by atoms with Crippen LogP contribution in [0.5, 0.6) is 11.6 Å². The van der Waals surface area contributed by atoms with Crippen molar-refractivity contribution in [2.45, 2.75) is 25.7 Å². The maximum absolute atomic E-state index is 5.69. The number of methoxy groups -OCH3 is 1. The zero-order valence-electron chi connectivity index (χ0n) is 10.1. The van der Waals surface area contributed by atoms with Gasteiger partial charge in [-0.2, -0.15) is 4.98 Å². The standard InChI is InChI=1S/C10H17ClN2O2Si/c1-14-8-7-12-10(11)13-9(8)15-5-6-16(2,3)4/h7H,5-6H2,1-4H3. The van der Waals surface area contributed by atoms with E-state index in [1.165, 1.54) is 6.20 Å². The summed E-state index contributed by atoms with van der Waals surface area (Å²) in [6.45, 7) is 7.51. The molecule has 6 heteroatoms. The molecule has 0 radical (unpaired) electrons. The van der Waals surface area contributed by atoms with Gasteiger partial charge in [0.2, 0.25) is 5.28 Å². The Labute approximate surface area is 102 Å². The number of nitrogens with zero attached hydrogens (tertiary/aromatic N) is 2. The van der Waals surface area contributed by atoms with E-state index in [4.69, 9.17) is 21.1 Å². The number of halogens is 1. The molecule has 0 aromatic carbocycles. The van der Waals surface area contributed by atoms with Crippen LogP contribution < -0.4 is 9.47 Å². The summed E-state index contributed by atoms with van der Waals surface area (Å²) in [6.07, 6.45) is 1.51. The van der Waals surface area contributed by atoms with Crippen LogP contribution in [0.2, 0.25) is 31.0 Å². The van der Waals surface area contributed by atoms with Crippen LogP contribution in [0.3, 0.4) is 0 Å². The molecule has 0 amide bonds. The van der Waals surface area contributed by atoms with Crippen molar-refractivity contribution in [1.29, 1.82) is 0 Å². The van der Waals surface area contributed by atoms with Gasteiger partial charge in [0, 0.05) is 8.07 Å². The van der Waals surface area contributed by atoms with Gasteiger partial charge >= 0.3 is 0 Å². The van der Waals surface area contributed by atoms with E-state index in [0.29, 0.717) is 18.2 Å². The van der Waals surface area contributed by atoms with Gasteiger partial charge in [-0.15, -0.1) is 0 Å². The number of aromatic nitrogens is 2. The normalized spacial score (nSPS) is 11.3. The Bertz CT molecular complexity index is 355. The van der Waals surface area contributed by atoms with Gasteiger partial charge in [-0.05, 0) is 17.6 Å². The first-order chi connectivity index (χ1) is 7.42. The molecule has 0 spiro atoms. The van der Waals surface area contributed by atoms with Gasteiger partial charge in [0.15, 0.2) is 5.75 Å². The Hall–Kier alpha value is -0.813. The molecular formula is C10H17ClN2O2Si. The van der Waals surface area contributed by atoms with Crippen molar-refractivity contribution in [3.05, 3.63) is 11.5 Å². The second-order valence-electron chi connectivity index (χ2n) is 4.67. The lowest BCUT2D eigenvalue weighted by Gasteiger charge is -2.16. The predicted octanol–water partition coefficient (Wildman–Crippen LogP) is 2.86. The van der Waals surface area contributed by atoms with Gasteiger partial charge < -0.3 is 9.47 Å².